The van der Waals surface area contributed by atoms with Gasteiger partial charge in [0.05, 0.1) is 34.1 Å². The maximum atomic E-state index is 12.9. The van der Waals surface area contributed by atoms with Crippen molar-refractivity contribution in [2.24, 2.45) is 0 Å². The summed E-state index contributed by atoms with van der Waals surface area (Å²) in [7, 11) is -2.05. The Bertz CT molecular complexity index is 1470. The first kappa shape index (κ1) is 32.1. The summed E-state index contributed by atoms with van der Waals surface area (Å²) in [5.41, 5.74) is 4.23. The lowest BCUT2D eigenvalue weighted by Crippen LogP contribution is -2.22. The largest absolute Gasteiger partial charge is 0.490 e. The van der Waals surface area contributed by atoms with Crippen LogP contribution in [0.5, 0.6) is 0 Å². The fourth-order valence-electron chi connectivity index (χ4n) is 3.87. The molecular weight excluding hydrogens is 553 g/mol. The minimum atomic E-state index is -5.08. The summed E-state index contributed by atoms with van der Waals surface area (Å²) in [6, 6.07) is 11.6. The normalized spacial score (nSPS) is 11.4. The Morgan fingerprint density at radius 2 is 1.60 bits per heavy atom. The molecule has 0 fully saturated rings. The van der Waals surface area contributed by atoms with Crippen LogP contribution >= 0.6 is 0 Å². The van der Waals surface area contributed by atoms with Crippen LogP contribution in [-0.4, -0.2) is 53.6 Å². The molecule has 0 aliphatic rings. The molecule has 10 nitrogen and oxygen atoms in total. The molecule has 0 aliphatic heterocycles. The number of hydrogen-bond acceptors (Lipinski definition) is 6. The molecule has 0 amide bonds. The predicted octanol–water partition coefficient (Wildman–Crippen LogP) is 4.99. The van der Waals surface area contributed by atoms with Crippen LogP contribution in [-0.2, 0) is 27.9 Å². The average molecular weight is 585 g/mol. The zero-order chi connectivity index (χ0) is 30.4. The molecule has 0 atom stereocenters. The summed E-state index contributed by atoms with van der Waals surface area (Å²) in [5.74, 6) is -3.89. The van der Waals surface area contributed by atoms with Crippen molar-refractivity contribution in [2.45, 2.75) is 58.3 Å². The van der Waals surface area contributed by atoms with Crippen LogP contribution in [0.15, 0.2) is 47.4 Å². The lowest BCUT2D eigenvalue weighted by molar-refractivity contribution is -0.192. The minimum absolute atomic E-state index is 0.0106. The van der Waals surface area contributed by atoms with Crippen molar-refractivity contribution in [3.63, 3.8) is 0 Å². The molecule has 3 N–H and O–H groups in total. The number of sulfonamides is 1. The smallest absolute Gasteiger partial charge is 0.478 e. The average Bonchev–Trinajstić information content (AvgIpc) is 3.16. The highest BCUT2D eigenvalue weighted by Gasteiger charge is 2.38. The van der Waals surface area contributed by atoms with Gasteiger partial charge in [0.25, 0.3) is 10.0 Å². The summed E-state index contributed by atoms with van der Waals surface area (Å²) < 4.78 is 61.9. The van der Waals surface area contributed by atoms with Crippen LogP contribution in [0.3, 0.4) is 0 Å². The Morgan fingerprint density at radius 3 is 2.10 bits per heavy atom. The van der Waals surface area contributed by atoms with E-state index >= 15 is 0 Å². The van der Waals surface area contributed by atoms with Crippen molar-refractivity contribution < 1.29 is 41.4 Å². The number of aromatic nitrogens is 2. The third-order valence-corrected chi connectivity index (χ3v) is 6.82. The van der Waals surface area contributed by atoms with Crippen LogP contribution in [0.2, 0.25) is 0 Å². The van der Waals surface area contributed by atoms with E-state index in [0.717, 1.165) is 35.5 Å². The van der Waals surface area contributed by atoms with Crippen molar-refractivity contribution in [2.75, 3.05) is 16.7 Å². The number of aliphatic carboxylic acids is 1. The van der Waals surface area contributed by atoms with E-state index in [1.807, 2.05) is 42.5 Å². The minimum Gasteiger partial charge on any atom is -0.478 e. The van der Waals surface area contributed by atoms with Crippen LogP contribution in [0.25, 0.3) is 0 Å². The maximum absolute atomic E-state index is 12.9. The Hall–Kier alpha value is -4.07. The highest BCUT2D eigenvalue weighted by molar-refractivity contribution is 7.92. The number of carbonyl (C=O) groups is 2. The monoisotopic (exact) mass is 584 g/mol. The number of hydrogen-bond donors (Lipinski definition) is 3. The van der Waals surface area contributed by atoms with Gasteiger partial charge in [-0.25, -0.2) is 18.0 Å². The third kappa shape index (κ3) is 8.73. The van der Waals surface area contributed by atoms with E-state index in [-0.39, 0.29) is 16.1 Å². The Morgan fingerprint density at radius 1 is 1.02 bits per heavy atom. The first-order chi connectivity index (χ1) is 18.4. The van der Waals surface area contributed by atoms with E-state index in [9.17, 15) is 31.5 Å². The molecule has 1 aromatic heterocycles. The van der Waals surface area contributed by atoms with Gasteiger partial charge in [-0.2, -0.15) is 18.3 Å². The van der Waals surface area contributed by atoms with Crippen LogP contribution in [0, 0.1) is 20.8 Å². The molecule has 3 aromatic rings. The molecule has 0 radical (unpaired) electrons. The fraction of sp³-hybridized carbons (Fsp3) is 0.346. The first-order valence-electron chi connectivity index (χ1n) is 12.0. The number of carboxylic acid groups (broad SMARTS) is 2. The number of nitrogens with one attached hydrogen (secondary N) is 1. The summed E-state index contributed by atoms with van der Waals surface area (Å²) in [5, 5.41) is 21.4. The van der Waals surface area contributed by atoms with E-state index in [4.69, 9.17) is 9.90 Å². The van der Waals surface area contributed by atoms with Crippen molar-refractivity contribution in [1.29, 1.82) is 0 Å². The highest BCUT2D eigenvalue weighted by atomic mass is 32.2. The molecule has 0 saturated carbocycles. The Kier molecular flexibility index (Phi) is 10.3. The SMILES string of the molecule is CCCn1nc(C)cc1CN(C)c1ccc(NS(=O)(=O)c2cc(C)cc(C)c2)cc1C(=O)O.O=C(O)C(F)(F)F. The molecule has 0 spiro atoms. The number of aromatic carboxylic acids is 1. The van der Waals surface area contributed by atoms with E-state index in [0.29, 0.717) is 12.2 Å². The predicted molar refractivity (Wildman–Crippen MR) is 143 cm³/mol. The summed E-state index contributed by atoms with van der Waals surface area (Å²) in [6.07, 6.45) is -4.15. The van der Waals surface area contributed by atoms with Crippen LogP contribution in [0.4, 0.5) is 24.5 Å². The maximum Gasteiger partial charge on any atom is 0.490 e. The number of nitrogens with zero attached hydrogens (tertiary/aromatic N) is 3. The van der Waals surface area contributed by atoms with Crippen molar-refractivity contribution in [1.82, 2.24) is 9.78 Å². The topological polar surface area (TPSA) is 142 Å². The van der Waals surface area contributed by atoms with Crippen molar-refractivity contribution in [3.05, 3.63) is 70.5 Å². The van der Waals surface area contributed by atoms with Gasteiger partial charge in [-0.05, 0) is 74.7 Å². The molecular formula is C26H31F3N4O6S. The Labute approximate surface area is 230 Å². The van der Waals surface area contributed by atoms with Gasteiger partial charge in [0, 0.05) is 19.3 Å². The molecule has 0 unspecified atom stereocenters. The number of aryl methyl sites for hydroxylation is 4. The van der Waals surface area contributed by atoms with E-state index in [2.05, 4.69) is 16.7 Å². The van der Waals surface area contributed by atoms with Gasteiger partial charge in [-0.3, -0.25) is 9.40 Å². The van der Waals surface area contributed by atoms with E-state index in [1.54, 1.807) is 31.3 Å². The van der Waals surface area contributed by atoms with Crippen molar-refractivity contribution in [3.8, 4) is 0 Å². The van der Waals surface area contributed by atoms with Gasteiger partial charge in [0.2, 0.25) is 0 Å². The number of benzene rings is 2. The second-order valence-electron chi connectivity index (χ2n) is 9.13. The summed E-state index contributed by atoms with van der Waals surface area (Å²) in [4.78, 5) is 22.9. The second-order valence-corrected chi connectivity index (χ2v) is 10.8. The van der Waals surface area contributed by atoms with Crippen LogP contribution < -0.4 is 9.62 Å². The van der Waals surface area contributed by atoms with Gasteiger partial charge in [0.1, 0.15) is 0 Å². The number of rotatable bonds is 9. The first-order valence-corrected chi connectivity index (χ1v) is 13.5. The number of halogens is 3. The van der Waals surface area contributed by atoms with E-state index in [1.165, 1.54) is 6.07 Å². The molecule has 0 bridgehead atoms. The number of alkyl halides is 3. The summed E-state index contributed by atoms with van der Waals surface area (Å²) >= 11 is 0. The van der Waals surface area contributed by atoms with Gasteiger partial charge >= 0.3 is 18.1 Å². The summed E-state index contributed by atoms with van der Waals surface area (Å²) in [6.45, 7) is 8.90. The van der Waals surface area contributed by atoms with Crippen molar-refractivity contribution >= 4 is 33.3 Å². The molecule has 0 saturated heterocycles. The zero-order valence-corrected chi connectivity index (χ0v) is 23.4. The van der Waals surface area contributed by atoms with Gasteiger partial charge in [0.15, 0.2) is 0 Å². The molecule has 2 aromatic carbocycles. The van der Waals surface area contributed by atoms with Gasteiger partial charge < -0.3 is 15.1 Å². The molecule has 3 rings (SSSR count). The van der Waals surface area contributed by atoms with Gasteiger partial charge in [-0.1, -0.05) is 13.0 Å². The lowest BCUT2D eigenvalue weighted by Gasteiger charge is -2.22. The van der Waals surface area contributed by atoms with Gasteiger partial charge in [-0.15, -0.1) is 0 Å². The Balaban J connectivity index is 0.000000708. The number of anilines is 2. The fourth-order valence-corrected chi connectivity index (χ4v) is 5.10. The molecule has 14 heteroatoms. The zero-order valence-electron chi connectivity index (χ0n) is 22.6. The number of carboxylic acids is 2. The quantitative estimate of drug-likeness (QED) is 0.320. The molecule has 40 heavy (non-hydrogen) atoms. The highest BCUT2D eigenvalue weighted by Crippen LogP contribution is 2.27. The standard InChI is InChI=1S/C24H30N4O4S.C2HF3O2/c1-6-9-28-20(13-18(4)25-28)15-27(5)23-8-7-19(14-22(23)24(29)30)26-33(31,32)21-11-16(2)10-17(3)12-21;3-2(4,5)1(6)7/h7-8,10-14,26H,6,9,15H2,1-5H3,(H,29,30);(H,6,7). The molecule has 1 heterocycles. The lowest BCUT2D eigenvalue weighted by atomic mass is 10.1. The van der Waals surface area contributed by atoms with Crippen LogP contribution in [0.1, 0.15) is 46.2 Å². The second kappa shape index (κ2) is 12.9. The molecule has 218 valence electrons. The third-order valence-electron chi connectivity index (χ3n) is 5.46. The molecule has 0 aliphatic carbocycles. The van der Waals surface area contributed by atoms with E-state index < -0.39 is 28.1 Å².